The fourth-order valence-electron chi connectivity index (χ4n) is 7.03. The molecule has 6 nitrogen and oxygen atoms in total. The molecule has 0 aromatic heterocycles. The second-order valence-corrected chi connectivity index (χ2v) is 15.2. The number of aliphatic hydroxyl groups excluding tert-OH is 1. The SMILES string of the molecule is C=S1(=O)NC(=O)c2ccc3c(c2)N(C[C@@H]2CC[C@H]2[C@H](O)/C=C/CC[C@@H]1C)C[C@@]1(CCCc2cc(Cl)ccc21)CO3. The third-order valence-corrected chi connectivity index (χ3v) is 12.0. The van der Waals surface area contributed by atoms with Gasteiger partial charge in [0.05, 0.1) is 28.1 Å². The molecule has 2 aromatic carbocycles. The molecule has 1 unspecified atom stereocenters. The maximum atomic E-state index is 13.4. The molecule has 2 heterocycles. The average Bonchev–Trinajstić information content (AvgIpc) is 3.05. The first kappa shape index (κ1) is 27.7. The van der Waals surface area contributed by atoms with Crippen molar-refractivity contribution in [3.8, 4) is 5.75 Å². The van der Waals surface area contributed by atoms with Crippen molar-refractivity contribution in [3.05, 3.63) is 70.3 Å². The minimum Gasteiger partial charge on any atom is -0.490 e. The van der Waals surface area contributed by atoms with Crippen LogP contribution in [0.15, 0.2) is 48.6 Å². The summed E-state index contributed by atoms with van der Waals surface area (Å²) in [5.41, 5.74) is 3.68. The number of rotatable bonds is 0. The highest BCUT2D eigenvalue weighted by Crippen LogP contribution is 2.46. The Morgan fingerprint density at radius 3 is 2.85 bits per heavy atom. The third kappa shape index (κ3) is 5.17. The van der Waals surface area contributed by atoms with Crippen LogP contribution in [0.4, 0.5) is 5.69 Å². The Bertz CT molecular complexity index is 1440. The summed E-state index contributed by atoms with van der Waals surface area (Å²) in [7, 11) is -2.86. The van der Waals surface area contributed by atoms with E-state index in [9.17, 15) is 14.1 Å². The number of aliphatic hydroxyl groups is 1. The number of nitrogens with one attached hydrogen (secondary N) is 1. The molecular formula is C32H39ClN2O4S. The number of nitrogens with zero attached hydrogens (tertiary/aromatic N) is 1. The highest BCUT2D eigenvalue weighted by atomic mass is 35.5. The van der Waals surface area contributed by atoms with Gasteiger partial charge in [0.2, 0.25) is 0 Å². The second-order valence-electron chi connectivity index (χ2n) is 12.3. The van der Waals surface area contributed by atoms with Gasteiger partial charge in [0.15, 0.2) is 0 Å². The van der Waals surface area contributed by atoms with Gasteiger partial charge < -0.3 is 14.7 Å². The van der Waals surface area contributed by atoms with Crippen molar-refractivity contribution in [2.45, 2.75) is 68.6 Å². The number of hydrogen-bond acceptors (Lipinski definition) is 5. The zero-order chi connectivity index (χ0) is 28.1. The molecule has 6 rings (SSSR count). The third-order valence-electron chi connectivity index (χ3n) is 9.66. The number of allylic oxidation sites excluding steroid dienone is 1. The summed E-state index contributed by atoms with van der Waals surface area (Å²) < 4.78 is 22.6. The van der Waals surface area contributed by atoms with Gasteiger partial charge in [-0.2, -0.15) is 0 Å². The largest absolute Gasteiger partial charge is 0.490 e. The molecule has 0 radical (unpaired) electrons. The molecule has 2 N–H and O–H groups in total. The van der Waals surface area contributed by atoms with E-state index in [1.807, 2.05) is 37.3 Å². The molecule has 8 heteroatoms. The molecule has 1 amide bonds. The number of carbonyl (C=O) groups excluding carboxylic acids is 1. The van der Waals surface area contributed by atoms with Crippen LogP contribution in [-0.2, 0) is 21.5 Å². The van der Waals surface area contributed by atoms with Gasteiger partial charge in [-0.1, -0.05) is 29.8 Å². The van der Waals surface area contributed by atoms with Crippen molar-refractivity contribution in [1.82, 2.24) is 4.72 Å². The van der Waals surface area contributed by atoms with E-state index in [0.29, 0.717) is 30.9 Å². The van der Waals surface area contributed by atoms with Gasteiger partial charge >= 0.3 is 0 Å². The molecule has 2 bridgehead atoms. The Labute approximate surface area is 242 Å². The highest BCUT2D eigenvalue weighted by molar-refractivity contribution is 7.99. The number of anilines is 1. The van der Waals surface area contributed by atoms with Crippen molar-refractivity contribution in [2.75, 3.05) is 24.6 Å². The Hall–Kier alpha value is -2.48. The number of hydrogen-bond donors (Lipinski definition) is 2. The van der Waals surface area contributed by atoms with Crippen LogP contribution in [0, 0.1) is 11.8 Å². The summed E-state index contributed by atoms with van der Waals surface area (Å²) in [5.74, 6) is 4.77. The van der Waals surface area contributed by atoms with Crippen molar-refractivity contribution >= 4 is 38.8 Å². The predicted octanol–water partition coefficient (Wildman–Crippen LogP) is 5.30. The Balaban J connectivity index is 1.42. The summed E-state index contributed by atoms with van der Waals surface area (Å²) in [4.78, 5) is 15.7. The normalized spacial score (nSPS) is 34.9. The molecule has 0 saturated heterocycles. The van der Waals surface area contributed by atoms with Gasteiger partial charge in [0, 0.05) is 34.3 Å². The minimum absolute atomic E-state index is 0.186. The van der Waals surface area contributed by atoms with E-state index in [1.54, 1.807) is 6.07 Å². The zero-order valence-electron chi connectivity index (χ0n) is 23.1. The number of halogens is 1. The lowest BCUT2D eigenvalue weighted by Crippen LogP contribution is -2.49. The summed E-state index contributed by atoms with van der Waals surface area (Å²) in [6, 6.07) is 11.7. The Morgan fingerprint density at radius 1 is 1.20 bits per heavy atom. The summed E-state index contributed by atoms with van der Waals surface area (Å²) >= 11 is 6.39. The molecule has 1 spiro atoms. The summed E-state index contributed by atoms with van der Waals surface area (Å²) in [6.07, 6.45) is 9.77. The van der Waals surface area contributed by atoms with Crippen LogP contribution in [0.5, 0.6) is 5.75 Å². The fraction of sp³-hybridized carbons (Fsp3) is 0.500. The second kappa shape index (κ2) is 10.7. The van der Waals surface area contributed by atoms with E-state index in [-0.39, 0.29) is 22.5 Å². The molecule has 214 valence electrons. The van der Waals surface area contributed by atoms with Crippen LogP contribution in [0.1, 0.15) is 66.9 Å². The first-order valence-corrected chi connectivity index (χ1v) is 16.7. The smallest absolute Gasteiger partial charge is 0.262 e. The standard InChI is InChI=1S/C32H39ClN2O4S/c1-21-6-3-4-8-29(36)26-12-9-24(26)18-35-19-32(15-5-7-22-16-25(33)11-13-27(22)32)20-39-30-14-10-23(17-28(30)35)31(37)34-40(21,2)38/h4,8,10-11,13-14,16-17,21,24,26,29,36H,2-3,5-7,9,12,15,18-20H2,1H3,(H,34,37,38)/b8-4+/t21-,24-,26+,29+,32-,40?/m0/s1. The molecule has 1 saturated carbocycles. The molecular weight excluding hydrogens is 544 g/mol. The van der Waals surface area contributed by atoms with Crippen LogP contribution >= 0.6 is 11.6 Å². The number of amides is 1. The van der Waals surface area contributed by atoms with Crippen molar-refractivity contribution in [2.24, 2.45) is 11.8 Å². The number of carbonyl (C=O) groups is 1. The van der Waals surface area contributed by atoms with Crippen molar-refractivity contribution in [1.29, 1.82) is 0 Å². The quantitative estimate of drug-likeness (QED) is 0.326. The van der Waals surface area contributed by atoms with E-state index in [1.165, 1.54) is 11.1 Å². The highest BCUT2D eigenvalue weighted by Gasteiger charge is 2.44. The zero-order valence-corrected chi connectivity index (χ0v) is 24.7. The number of fused-ring (bicyclic) bond motifs is 4. The van der Waals surface area contributed by atoms with Crippen LogP contribution in [-0.4, -0.2) is 52.1 Å². The van der Waals surface area contributed by atoms with E-state index in [0.717, 1.165) is 61.7 Å². The van der Waals surface area contributed by atoms with E-state index >= 15 is 0 Å². The van der Waals surface area contributed by atoms with Gasteiger partial charge in [-0.3, -0.25) is 9.52 Å². The summed E-state index contributed by atoms with van der Waals surface area (Å²) in [5, 5.41) is 11.5. The molecule has 6 atom stereocenters. The van der Waals surface area contributed by atoms with Gasteiger partial charge in [-0.15, -0.1) is 0 Å². The van der Waals surface area contributed by atoms with Crippen LogP contribution in [0.2, 0.25) is 5.02 Å². The van der Waals surface area contributed by atoms with Crippen LogP contribution in [0.3, 0.4) is 0 Å². The molecule has 4 aliphatic rings. The maximum absolute atomic E-state index is 13.4. The van der Waals surface area contributed by atoms with Gasteiger partial charge in [0.1, 0.15) is 5.75 Å². The van der Waals surface area contributed by atoms with Crippen LogP contribution < -0.4 is 14.4 Å². The number of aryl methyl sites for hydroxylation is 1. The van der Waals surface area contributed by atoms with E-state index < -0.39 is 15.8 Å². The Kier molecular flexibility index (Phi) is 7.43. The average molecular weight is 583 g/mol. The fourth-order valence-corrected chi connectivity index (χ4v) is 8.37. The summed E-state index contributed by atoms with van der Waals surface area (Å²) in [6.45, 7) is 3.91. The van der Waals surface area contributed by atoms with E-state index in [4.69, 9.17) is 16.3 Å². The lowest BCUT2D eigenvalue weighted by atomic mass is 9.68. The van der Waals surface area contributed by atoms with Crippen molar-refractivity contribution in [3.63, 3.8) is 0 Å². The first-order chi connectivity index (χ1) is 19.1. The number of benzene rings is 2. The van der Waals surface area contributed by atoms with Gasteiger partial charge in [0.25, 0.3) is 5.91 Å². The molecule has 2 aromatic rings. The minimum atomic E-state index is -2.86. The van der Waals surface area contributed by atoms with Gasteiger partial charge in [-0.05, 0) is 111 Å². The topological polar surface area (TPSA) is 78.9 Å². The molecule has 2 aliphatic carbocycles. The molecule has 40 heavy (non-hydrogen) atoms. The lowest BCUT2D eigenvalue weighted by molar-refractivity contribution is 0.0456. The maximum Gasteiger partial charge on any atom is 0.262 e. The van der Waals surface area contributed by atoms with E-state index in [2.05, 4.69) is 27.6 Å². The number of ether oxygens (including phenoxy) is 1. The first-order valence-electron chi connectivity index (χ1n) is 14.5. The predicted molar refractivity (Wildman–Crippen MR) is 163 cm³/mol. The van der Waals surface area contributed by atoms with Crippen molar-refractivity contribution < 1.29 is 18.8 Å². The lowest BCUT2D eigenvalue weighted by Gasteiger charge is -2.45. The molecule has 2 aliphatic heterocycles. The monoisotopic (exact) mass is 582 g/mol. The Morgan fingerprint density at radius 2 is 2.05 bits per heavy atom. The van der Waals surface area contributed by atoms with Gasteiger partial charge in [-0.25, -0.2) is 4.21 Å². The molecule has 1 fully saturated rings. The van der Waals surface area contributed by atoms with Crippen LogP contribution in [0.25, 0.3) is 0 Å².